The highest BCUT2D eigenvalue weighted by molar-refractivity contribution is 6.91. The molecule has 1 aromatic rings. The third-order valence-electron chi connectivity index (χ3n) is 3.81. The van der Waals surface area contributed by atoms with Crippen molar-refractivity contribution in [1.29, 1.82) is 0 Å². The largest absolute Gasteiger partial charge is 0.497 e. The fraction of sp³-hybridized carbons (Fsp3) is 0.538. The molecule has 4 heteroatoms. The molecular weight excluding hydrogens is 238 g/mol. The summed E-state index contributed by atoms with van der Waals surface area (Å²) in [6, 6.07) is 5.17. The maximum absolute atomic E-state index is 14.1. The molecule has 0 aliphatic carbocycles. The maximum atomic E-state index is 14.1. The number of halogens is 2. The summed E-state index contributed by atoms with van der Waals surface area (Å²) in [5.74, 6) is -0.645. The molecule has 0 aliphatic rings. The van der Waals surface area contributed by atoms with Gasteiger partial charge in [-0.25, -0.2) is 8.78 Å². The van der Waals surface area contributed by atoms with E-state index >= 15 is 0 Å². The van der Waals surface area contributed by atoms with E-state index in [2.05, 4.69) is 0 Å². The Balaban J connectivity index is 3.39. The van der Waals surface area contributed by atoms with E-state index in [1.54, 1.807) is 0 Å². The first kappa shape index (κ1) is 14.2. The molecule has 0 aromatic heterocycles. The van der Waals surface area contributed by atoms with Crippen molar-refractivity contribution < 1.29 is 13.5 Å². The average Bonchev–Trinajstić information content (AvgIpc) is 2.34. The third kappa shape index (κ3) is 2.51. The van der Waals surface area contributed by atoms with Gasteiger partial charge in [0.15, 0.2) is 0 Å². The van der Waals surface area contributed by atoms with Crippen LogP contribution in [0, 0.1) is 11.6 Å². The normalized spacial score (nSPS) is 11.6. The summed E-state index contributed by atoms with van der Waals surface area (Å²) in [4.78, 5) is 0. The van der Waals surface area contributed by atoms with Crippen molar-refractivity contribution in [3.8, 4) is 5.75 Å². The van der Waals surface area contributed by atoms with E-state index in [9.17, 15) is 8.78 Å². The molecule has 0 saturated heterocycles. The van der Waals surface area contributed by atoms with E-state index in [4.69, 9.17) is 4.74 Å². The summed E-state index contributed by atoms with van der Waals surface area (Å²) in [5.41, 5.74) is 0. The van der Waals surface area contributed by atoms with Crippen LogP contribution in [0.15, 0.2) is 12.1 Å². The Morgan fingerprint density at radius 2 is 1.41 bits per heavy atom. The molecular formula is C13H20F2OSi. The molecule has 0 spiro atoms. The minimum Gasteiger partial charge on any atom is -0.497 e. The molecule has 0 heterocycles. The van der Waals surface area contributed by atoms with E-state index in [1.165, 1.54) is 19.2 Å². The number of rotatable bonds is 5. The van der Waals surface area contributed by atoms with Gasteiger partial charge in [0.25, 0.3) is 0 Å². The summed E-state index contributed by atoms with van der Waals surface area (Å²) >= 11 is 0. The Morgan fingerprint density at radius 3 is 1.71 bits per heavy atom. The minimum absolute atomic E-state index is 0.245. The molecule has 0 aliphatic heterocycles. The molecule has 0 unspecified atom stereocenters. The number of hydrogen-bond acceptors (Lipinski definition) is 1. The van der Waals surface area contributed by atoms with E-state index in [-0.39, 0.29) is 5.75 Å². The van der Waals surface area contributed by atoms with Gasteiger partial charge in [-0.1, -0.05) is 38.9 Å². The summed E-state index contributed by atoms with van der Waals surface area (Å²) in [6.07, 6.45) is 0. The van der Waals surface area contributed by atoms with Crippen molar-refractivity contribution in [2.45, 2.75) is 38.9 Å². The SMILES string of the molecule is CC[Si](CC)(CC)c1c(F)cc(OC)cc1F. The zero-order valence-corrected chi connectivity index (χ0v) is 11.9. The number of benzene rings is 1. The molecule has 96 valence electrons. The van der Waals surface area contributed by atoms with Crippen molar-refractivity contribution in [3.63, 3.8) is 0 Å². The summed E-state index contributed by atoms with van der Waals surface area (Å²) in [5, 5.41) is 0.339. The lowest BCUT2D eigenvalue weighted by atomic mass is 10.3. The zero-order chi connectivity index (χ0) is 13.1. The molecule has 0 amide bonds. The van der Waals surface area contributed by atoms with Crippen LogP contribution in [0.1, 0.15) is 20.8 Å². The van der Waals surface area contributed by atoms with Crippen molar-refractivity contribution in [1.82, 2.24) is 0 Å². The van der Waals surface area contributed by atoms with Gasteiger partial charge in [-0.15, -0.1) is 0 Å². The molecule has 0 N–H and O–H groups in total. The fourth-order valence-corrected chi connectivity index (χ4v) is 6.17. The number of hydrogen-bond donors (Lipinski definition) is 0. The molecule has 0 radical (unpaired) electrons. The average molecular weight is 258 g/mol. The van der Waals surface area contributed by atoms with Crippen LogP contribution in [0.3, 0.4) is 0 Å². The predicted octanol–water partition coefficient (Wildman–Crippen LogP) is 3.69. The lowest BCUT2D eigenvalue weighted by Gasteiger charge is -2.29. The Kier molecular flexibility index (Phi) is 4.68. The highest BCUT2D eigenvalue weighted by Gasteiger charge is 2.35. The second kappa shape index (κ2) is 5.62. The molecule has 17 heavy (non-hydrogen) atoms. The van der Waals surface area contributed by atoms with Gasteiger partial charge < -0.3 is 4.74 Å². The standard InChI is InChI=1S/C13H20F2OSi/c1-5-17(6-2,7-3)13-11(14)8-10(16-4)9-12(13)15/h8-9H,5-7H2,1-4H3. The highest BCUT2D eigenvalue weighted by Crippen LogP contribution is 2.25. The lowest BCUT2D eigenvalue weighted by molar-refractivity contribution is 0.407. The van der Waals surface area contributed by atoms with Crippen molar-refractivity contribution in [2.24, 2.45) is 0 Å². The van der Waals surface area contributed by atoms with Gasteiger partial charge in [-0.05, 0) is 0 Å². The van der Waals surface area contributed by atoms with Crippen molar-refractivity contribution >= 4 is 13.3 Å². The van der Waals surface area contributed by atoms with Gasteiger partial charge in [0, 0.05) is 17.3 Å². The molecule has 0 saturated carbocycles. The van der Waals surface area contributed by atoms with Gasteiger partial charge in [0.05, 0.1) is 15.2 Å². The molecule has 1 aromatic carbocycles. The van der Waals surface area contributed by atoms with Crippen LogP contribution in [-0.4, -0.2) is 15.2 Å². The first-order valence-electron chi connectivity index (χ1n) is 6.08. The van der Waals surface area contributed by atoms with Crippen LogP contribution in [0.5, 0.6) is 5.75 Å². The third-order valence-corrected chi connectivity index (χ3v) is 9.41. The lowest BCUT2D eigenvalue weighted by Crippen LogP contribution is -2.49. The van der Waals surface area contributed by atoms with Gasteiger partial charge in [0.2, 0.25) is 0 Å². The van der Waals surface area contributed by atoms with Crippen molar-refractivity contribution in [2.75, 3.05) is 7.11 Å². The Morgan fingerprint density at radius 1 is 1.00 bits per heavy atom. The van der Waals surface area contributed by atoms with Crippen LogP contribution >= 0.6 is 0 Å². The highest BCUT2D eigenvalue weighted by atomic mass is 28.3. The summed E-state index contributed by atoms with van der Waals surface area (Å²) < 4.78 is 33.0. The smallest absolute Gasteiger partial charge is 0.129 e. The van der Waals surface area contributed by atoms with Crippen molar-refractivity contribution in [3.05, 3.63) is 23.8 Å². The summed E-state index contributed by atoms with van der Waals surface area (Å²) in [7, 11) is -0.609. The Hall–Kier alpha value is -0.903. The second-order valence-electron chi connectivity index (χ2n) is 4.31. The summed E-state index contributed by atoms with van der Waals surface area (Å²) in [6.45, 7) is 6.09. The topological polar surface area (TPSA) is 9.23 Å². The van der Waals surface area contributed by atoms with Crippen LogP contribution < -0.4 is 9.92 Å². The van der Waals surface area contributed by atoms with E-state index in [1.807, 2.05) is 20.8 Å². The first-order valence-corrected chi connectivity index (χ1v) is 8.70. The Bertz CT molecular complexity index is 358. The van der Waals surface area contributed by atoms with Crippen LogP contribution in [-0.2, 0) is 0 Å². The van der Waals surface area contributed by atoms with Crippen LogP contribution in [0.2, 0.25) is 18.1 Å². The van der Waals surface area contributed by atoms with E-state index < -0.39 is 19.7 Å². The number of methoxy groups -OCH3 is 1. The second-order valence-corrected chi connectivity index (χ2v) is 9.49. The van der Waals surface area contributed by atoms with Crippen LogP contribution in [0.25, 0.3) is 0 Å². The predicted molar refractivity (Wildman–Crippen MR) is 69.7 cm³/mol. The quantitative estimate of drug-likeness (QED) is 0.732. The number of ether oxygens (including phenoxy) is 1. The monoisotopic (exact) mass is 258 g/mol. The molecule has 1 nitrogen and oxygen atoms in total. The van der Waals surface area contributed by atoms with Gasteiger partial charge in [-0.3, -0.25) is 0 Å². The minimum atomic E-state index is -2.02. The Labute approximate surface area is 103 Å². The van der Waals surface area contributed by atoms with Gasteiger partial charge in [0.1, 0.15) is 17.4 Å². The maximum Gasteiger partial charge on any atom is 0.129 e. The zero-order valence-electron chi connectivity index (χ0n) is 10.9. The fourth-order valence-electron chi connectivity index (χ4n) is 2.45. The van der Waals surface area contributed by atoms with Gasteiger partial charge >= 0.3 is 0 Å². The van der Waals surface area contributed by atoms with E-state index in [0.717, 1.165) is 18.1 Å². The molecule has 0 atom stereocenters. The first-order chi connectivity index (χ1) is 8.04. The van der Waals surface area contributed by atoms with E-state index in [0.29, 0.717) is 5.19 Å². The molecule has 0 bridgehead atoms. The molecule has 0 fully saturated rings. The molecule has 1 rings (SSSR count). The van der Waals surface area contributed by atoms with Crippen LogP contribution in [0.4, 0.5) is 8.78 Å². The van der Waals surface area contributed by atoms with Gasteiger partial charge in [-0.2, -0.15) is 0 Å².